The molecule has 1 aromatic carbocycles. The van der Waals surface area contributed by atoms with Gasteiger partial charge in [0.15, 0.2) is 18.0 Å². The monoisotopic (exact) mass is 549 g/mol. The van der Waals surface area contributed by atoms with Crippen molar-refractivity contribution in [3.05, 3.63) is 29.5 Å². The van der Waals surface area contributed by atoms with Gasteiger partial charge in [0, 0.05) is 33.1 Å². The van der Waals surface area contributed by atoms with Crippen molar-refractivity contribution in [1.29, 1.82) is 0 Å². The van der Waals surface area contributed by atoms with Crippen LogP contribution in [0.5, 0.6) is 5.75 Å². The molecular formula is C25H27NO13. The Morgan fingerprint density at radius 1 is 0.846 bits per heavy atom. The third-order valence-electron chi connectivity index (χ3n) is 5.53. The van der Waals surface area contributed by atoms with Crippen molar-refractivity contribution in [2.24, 2.45) is 0 Å². The van der Waals surface area contributed by atoms with Crippen LogP contribution in [0.25, 0.3) is 10.9 Å². The van der Waals surface area contributed by atoms with Gasteiger partial charge in [0.1, 0.15) is 24.2 Å². The van der Waals surface area contributed by atoms with E-state index in [0.29, 0.717) is 5.39 Å². The quantitative estimate of drug-likeness (QED) is 0.260. The molecule has 1 aliphatic heterocycles. The summed E-state index contributed by atoms with van der Waals surface area (Å²) in [6.07, 6.45) is -7.20. The highest BCUT2D eigenvalue weighted by Crippen LogP contribution is 2.34. The summed E-state index contributed by atoms with van der Waals surface area (Å²) in [5.74, 6) is -4.96. The summed E-state index contributed by atoms with van der Waals surface area (Å²) in [5, 5.41) is 9.75. The molecule has 1 saturated heterocycles. The molecule has 210 valence electrons. The maximum atomic E-state index is 12.6. The molecule has 1 aliphatic rings. The molecule has 2 heterocycles. The SMILES string of the molecule is CC(=O)OC[C@H]1OC(Oc2ccc3cc(C(=O)O)[nH]c3c2C(C)=O)[C@H](OC(C)=O)[C@@H](OC(C)=O)[C@H]1OC(C)=O. The van der Waals surface area contributed by atoms with Crippen LogP contribution in [0.15, 0.2) is 18.2 Å². The Morgan fingerprint density at radius 2 is 1.44 bits per heavy atom. The lowest BCUT2D eigenvalue weighted by molar-refractivity contribution is -0.288. The number of carboxylic acids is 1. The zero-order valence-corrected chi connectivity index (χ0v) is 21.7. The zero-order valence-electron chi connectivity index (χ0n) is 21.7. The van der Waals surface area contributed by atoms with E-state index < -0.39 is 72.9 Å². The Bertz CT molecular complexity index is 1310. The average Bonchev–Trinajstić information content (AvgIpc) is 3.25. The molecule has 0 bridgehead atoms. The molecule has 39 heavy (non-hydrogen) atoms. The van der Waals surface area contributed by atoms with Gasteiger partial charge < -0.3 is 38.5 Å². The number of nitrogens with one attached hydrogen (secondary N) is 1. The number of carboxylic acid groups (broad SMARTS) is 1. The molecule has 5 atom stereocenters. The van der Waals surface area contributed by atoms with E-state index in [2.05, 4.69) is 4.98 Å². The third-order valence-corrected chi connectivity index (χ3v) is 5.53. The number of rotatable bonds is 9. The maximum Gasteiger partial charge on any atom is 0.352 e. The Labute approximate surface area is 221 Å². The Balaban J connectivity index is 2.12. The highest BCUT2D eigenvalue weighted by atomic mass is 16.7. The topological polar surface area (TPSA) is 194 Å². The first kappa shape index (κ1) is 29.1. The summed E-state index contributed by atoms with van der Waals surface area (Å²) in [7, 11) is 0. The smallest absolute Gasteiger partial charge is 0.352 e. The largest absolute Gasteiger partial charge is 0.477 e. The predicted molar refractivity (Wildman–Crippen MR) is 128 cm³/mol. The summed E-state index contributed by atoms with van der Waals surface area (Å²) in [6, 6.07) is 4.21. The highest BCUT2D eigenvalue weighted by molar-refractivity contribution is 6.09. The van der Waals surface area contributed by atoms with E-state index in [1.807, 2.05) is 0 Å². The molecule has 3 rings (SSSR count). The van der Waals surface area contributed by atoms with E-state index in [9.17, 15) is 33.9 Å². The minimum absolute atomic E-state index is 0.0344. The van der Waals surface area contributed by atoms with Gasteiger partial charge in [-0.25, -0.2) is 4.79 Å². The van der Waals surface area contributed by atoms with Crippen LogP contribution in [0.2, 0.25) is 0 Å². The van der Waals surface area contributed by atoms with Crippen molar-refractivity contribution in [1.82, 2.24) is 4.98 Å². The van der Waals surface area contributed by atoms with Crippen molar-refractivity contribution in [3.63, 3.8) is 0 Å². The number of aromatic amines is 1. The van der Waals surface area contributed by atoms with Gasteiger partial charge in [-0.1, -0.05) is 0 Å². The van der Waals surface area contributed by atoms with Gasteiger partial charge in [0.2, 0.25) is 12.4 Å². The summed E-state index contributed by atoms with van der Waals surface area (Å²) in [4.78, 5) is 74.1. The lowest BCUT2D eigenvalue weighted by Crippen LogP contribution is -2.63. The number of ketones is 1. The van der Waals surface area contributed by atoms with Crippen LogP contribution in [-0.2, 0) is 42.9 Å². The maximum absolute atomic E-state index is 12.6. The second kappa shape index (κ2) is 11.9. The van der Waals surface area contributed by atoms with Gasteiger partial charge in [-0.05, 0) is 25.1 Å². The van der Waals surface area contributed by atoms with Gasteiger partial charge in [0.25, 0.3) is 0 Å². The second-order valence-electron chi connectivity index (χ2n) is 8.63. The summed E-state index contributed by atoms with van der Waals surface area (Å²) in [6.45, 7) is 5.15. The molecule has 0 amide bonds. The second-order valence-corrected chi connectivity index (χ2v) is 8.63. The number of ether oxygens (including phenoxy) is 6. The van der Waals surface area contributed by atoms with E-state index in [1.54, 1.807) is 0 Å². The number of carbonyl (C=O) groups excluding carboxylic acids is 5. The van der Waals surface area contributed by atoms with E-state index in [1.165, 1.54) is 25.1 Å². The van der Waals surface area contributed by atoms with Gasteiger partial charge in [-0.2, -0.15) is 0 Å². The van der Waals surface area contributed by atoms with Crippen molar-refractivity contribution in [2.45, 2.75) is 65.3 Å². The fourth-order valence-electron chi connectivity index (χ4n) is 4.15. The first-order chi connectivity index (χ1) is 18.3. The number of hydrogen-bond acceptors (Lipinski definition) is 12. The van der Waals surface area contributed by atoms with Crippen LogP contribution in [-0.4, -0.2) is 83.0 Å². The predicted octanol–water partition coefficient (Wildman–Crippen LogP) is 1.53. The normalized spacial score (nSPS) is 22.4. The number of Topliss-reactive ketones (excluding diaryl/α,β-unsaturated/α-hetero) is 1. The fraction of sp³-hybridized carbons (Fsp3) is 0.440. The Kier molecular flexibility index (Phi) is 8.91. The Hall–Kier alpha value is -4.46. The van der Waals surface area contributed by atoms with Crippen molar-refractivity contribution >= 4 is 46.5 Å². The minimum atomic E-state index is -1.57. The lowest BCUT2D eigenvalue weighted by Gasteiger charge is -2.44. The van der Waals surface area contributed by atoms with E-state index in [-0.39, 0.29) is 22.5 Å². The highest BCUT2D eigenvalue weighted by Gasteiger charge is 2.53. The molecule has 1 fully saturated rings. The summed E-state index contributed by atoms with van der Waals surface area (Å²) in [5.41, 5.74) is -0.0344. The van der Waals surface area contributed by atoms with Gasteiger partial charge in [0.05, 0.1) is 11.1 Å². The molecule has 1 aromatic heterocycles. The average molecular weight is 549 g/mol. The number of aromatic carboxylic acids is 1. The zero-order chi connectivity index (χ0) is 29.0. The van der Waals surface area contributed by atoms with Crippen LogP contribution < -0.4 is 4.74 Å². The van der Waals surface area contributed by atoms with Gasteiger partial charge in [-0.3, -0.25) is 24.0 Å². The molecule has 0 spiro atoms. The number of carbonyl (C=O) groups is 6. The van der Waals surface area contributed by atoms with Gasteiger partial charge in [-0.15, -0.1) is 0 Å². The Morgan fingerprint density at radius 3 is 1.97 bits per heavy atom. The molecule has 0 aliphatic carbocycles. The third kappa shape index (κ3) is 6.90. The van der Waals surface area contributed by atoms with E-state index in [0.717, 1.165) is 27.7 Å². The fourth-order valence-corrected chi connectivity index (χ4v) is 4.15. The van der Waals surface area contributed by atoms with Crippen LogP contribution in [0.3, 0.4) is 0 Å². The van der Waals surface area contributed by atoms with Crippen LogP contribution in [0, 0.1) is 0 Å². The number of esters is 4. The van der Waals surface area contributed by atoms with Crippen LogP contribution in [0.4, 0.5) is 0 Å². The first-order valence-corrected chi connectivity index (χ1v) is 11.7. The van der Waals surface area contributed by atoms with Crippen molar-refractivity contribution < 1.29 is 62.3 Å². The molecule has 14 heteroatoms. The molecule has 0 saturated carbocycles. The first-order valence-electron chi connectivity index (χ1n) is 11.7. The molecule has 14 nitrogen and oxygen atoms in total. The van der Waals surface area contributed by atoms with Crippen molar-refractivity contribution in [2.75, 3.05) is 6.61 Å². The van der Waals surface area contributed by atoms with Crippen LogP contribution >= 0.6 is 0 Å². The molecular weight excluding hydrogens is 522 g/mol. The van der Waals surface area contributed by atoms with E-state index in [4.69, 9.17) is 28.4 Å². The molecule has 2 N–H and O–H groups in total. The standard InChI is InChI=1S/C25H27NO13/c1-10(27)19-17(7-6-15-8-16(24(32)33)26-20(15)19)38-25-23(37-14(5)31)22(36-13(4)30)21(35-12(3)29)18(39-25)9-34-11(2)28/h6-8,18,21-23,25-26H,9H2,1-5H3,(H,32,33)/t18-,21+,22+,23-,25?/m1/s1. The van der Waals surface area contributed by atoms with Gasteiger partial charge >= 0.3 is 29.8 Å². The number of H-pyrrole nitrogens is 1. The molecule has 1 unspecified atom stereocenters. The summed E-state index contributed by atoms with van der Waals surface area (Å²) >= 11 is 0. The number of benzene rings is 1. The molecule has 0 radical (unpaired) electrons. The number of hydrogen-bond donors (Lipinski definition) is 2. The van der Waals surface area contributed by atoms with Crippen LogP contribution in [0.1, 0.15) is 55.5 Å². The minimum Gasteiger partial charge on any atom is -0.477 e. The summed E-state index contributed by atoms with van der Waals surface area (Å²) < 4.78 is 33.0. The van der Waals surface area contributed by atoms with E-state index >= 15 is 0 Å². The van der Waals surface area contributed by atoms with Crippen molar-refractivity contribution in [3.8, 4) is 5.75 Å². The molecule has 2 aromatic rings. The lowest BCUT2D eigenvalue weighted by atomic mass is 9.98. The number of fused-ring (bicyclic) bond motifs is 1. The number of aromatic nitrogens is 1.